The maximum atomic E-state index is 12.8. The summed E-state index contributed by atoms with van der Waals surface area (Å²) < 4.78 is 7.77. The smallest absolute Gasteiger partial charge is 0.321 e. The average Bonchev–Trinajstić information content (AvgIpc) is 3.40. The SMILES string of the molecule is Cc1noc(C2CC2)c1NC(=O)N1CCC(n2c(C)nc3ccccc32)CC1. The van der Waals surface area contributed by atoms with Crippen molar-refractivity contribution >= 4 is 22.8 Å². The molecule has 0 spiro atoms. The highest BCUT2D eigenvalue weighted by Gasteiger charge is 2.33. The van der Waals surface area contributed by atoms with Crippen LogP contribution in [-0.4, -0.2) is 38.7 Å². The molecule has 0 radical (unpaired) electrons. The second-order valence-corrected chi connectivity index (χ2v) is 7.95. The van der Waals surface area contributed by atoms with E-state index in [1.54, 1.807) is 0 Å². The van der Waals surface area contributed by atoms with Crippen LogP contribution < -0.4 is 5.32 Å². The Labute approximate surface area is 163 Å². The highest BCUT2D eigenvalue weighted by Crippen LogP contribution is 2.44. The number of hydrogen-bond donors (Lipinski definition) is 1. The van der Waals surface area contributed by atoms with Gasteiger partial charge in [-0.2, -0.15) is 0 Å². The van der Waals surface area contributed by atoms with Crippen molar-refractivity contribution in [3.8, 4) is 0 Å². The van der Waals surface area contributed by atoms with Crippen molar-refractivity contribution < 1.29 is 9.32 Å². The Bertz CT molecular complexity index is 1020. The number of imidazole rings is 1. The number of hydrogen-bond acceptors (Lipinski definition) is 4. The number of benzene rings is 1. The molecule has 2 fully saturated rings. The van der Waals surface area contributed by atoms with Gasteiger partial charge in [0.1, 0.15) is 17.2 Å². The number of piperidine rings is 1. The van der Waals surface area contributed by atoms with Crippen molar-refractivity contribution in [3.63, 3.8) is 0 Å². The minimum atomic E-state index is -0.0566. The van der Waals surface area contributed by atoms with Crippen molar-refractivity contribution in [1.82, 2.24) is 19.6 Å². The van der Waals surface area contributed by atoms with Gasteiger partial charge in [-0.3, -0.25) is 0 Å². The van der Waals surface area contributed by atoms with Crippen LogP contribution in [0.2, 0.25) is 0 Å². The van der Waals surface area contributed by atoms with Gasteiger partial charge in [-0.1, -0.05) is 17.3 Å². The van der Waals surface area contributed by atoms with Crippen LogP contribution in [0, 0.1) is 13.8 Å². The molecule has 2 amide bonds. The summed E-state index contributed by atoms with van der Waals surface area (Å²) in [7, 11) is 0. The lowest BCUT2D eigenvalue weighted by Gasteiger charge is -2.33. The number of nitrogens with one attached hydrogen (secondary N) is 1. The molecule has 1 saturated heterocycles. The van der Waals surface area contributed by atoms with Crippen LogP contribution >= 0.6 is 0 Å². The van der Waals surface area contributed by atoms with Gasteiger partial charge in [-0.05, 0) is 51.7 Å². The lowest BCUT2D eigenvalue weighted by atomic mass is 10.0. The quantitative estimate of drug-likeness (QED) is 0.732. The minimum absolute atomic E-state index is 0.0566. The van der Waals surface area contributed by atoms with Gasteiger partial charge in [0.15, 0.2) is 5.76 Å². The van der Waals surface area contributed by atoms with Crippen molar-refractivity contribution in [2.24, 2.45) is 0 Å². The predicted molar refractivity (Wildman–Crippen MR) is 107 cm³/mol. The van der Waals surface area contributed by atoms with E-state index < -0.39 is 0 Å². The van der Waals surface area contributed by atoms with E-state index in [-0.39, 0.29) is 6.03 Å². The maximum Gasteiger partial charge on any atom is 0.321 e. The van der Waals surface area contributed by atoms with E-state index in [4.69, 9.17) is 4.52 Å². The highest BCUT2D eigenvalue weighted by atomic mass is 16.5. The molecule has 1 N–H and O–H groups in total. The van der Waals surface area contributed by atoms with Crippen molar-refractivity contribution in [2.45, 2.75) is 51.5 Å². The molecule has 28 heavy (non-hydrogen) atoms. The largest absolute Gasteiger partial charge is 0.359 e. The molecule has 3 heterocycles. The number of anilines is 1. The van der Waals surface area contributed by atoms with Crippen LogP contribution in [0.15, 0.2) is 28.8 Å². The minimum Gasteiger partial charge on any atom is -0.359 e. The molecule has 146 valence electrons. The summed E-state index contributed by atoms with van der Waals surface area (Å²) >= 11 is 0. The summed E-state index contributed by atoms with van der Waals surface area (Å²) in [6, 6.07) is 8.58. The number of urea groups is 1. The van der Waals surface area contributed by atoms with Crippen LogP contribution in [0.25, 0.3) is 11.0 Å². The molecule has 1 aliphatic heterocycles. The molecule has 2 aliphatic rings. The first-order chi connectivity index (χ1) is 13.6. The molecule has 2 aromatic heterocycles. The lowest BCUT2D eigenvalue weighted by Crippen LogP contribution is -2.41. The third-order valence-corrected chi connectivity index (χ3v) is 5.96. The molecule has 1 aromatic carbocycles. The number of carbonyl (C=O) groups is 1. The van der Waals surface area contributed by atoms with Gasteiger partial charge < -0.3 is 19.3 Å². The summed E-state index contributed by atoms with van der Waals surface area (Å²) in [6.45, 7) is 5.40. The van der Waals surface area contributed by atoms with E-state index in [0.29, 0.717) is 12.0 Å². The van der Waals surface area contributed by atoms with Gasteiger partial charge in [0.2, 0.25) is 0 Å². The van der Waals surface area contributed by atoms with Gasteiger partial charge in [0.05, 0.1) is 11.0 Å². The van der Waals surface area contributed by atoms with E-state index >= 15 is 0 Å². The van der Waals surface area contributed by atoms with Crippen LogP contribution in [0.3, 0.4) is 0 Å². The number of carbonyl (C=O) groups excluding carboxylic acids is 1. The second-order valence-electron chi connectivity index (χ2n) is 7.95. The van der Waals surface area contributed by atoms with Gasteiger partial charge in [-0.25, -0.2) is 9.78 Å². The van der Waals surface area contributed by atoms with Gasteiger partial charge >= 0.3 is 6.03 Å². The monoisotopic (exact) mass is 379 g/mol. The van der Waals surface area contributed by atoms with Crippen LogP contribution in [0.5, 0.6) is 0 Å². The summed E-state index contributed by atoms with van der Waals surface area (Å²) in [4.78, 5) is 19.4. The molecule has 0 unspecified atom stereocenters. The van der Waals surface area contributed by atoms with Crippen molar-refractivity contribution in [3.05, 3.63) is 41.5 Å². The first-order valence-corrected chi connectivity index (χ1v) is 10.1. The Morgan fingerprint density at radius 2 is 1.89 bits per heavy atom. The molecular weight excluding hydrogens is 354 g/mol. The standard InChI is InChI=1S/C21H25N5O2/c1-13-19(20(28-24-13)15-7-8-15)23-21(27)25-11-9-16(10-12-25)26-14(2)22-17-5-3-4-6-18(17)26/h3-6,15-16H,7-12H2,1-2H3,(H,23,27). The van der Waals surface area contributed by atoms with E-state index in [1.165, 1.54) is 5.52 Å². The summed E-state index contributed by atoms with van der Waals surface area (Å²) in [5, 5.41) is 7.09. The molecule has 0 atom stereocenters. The number of amides is 2. The number of fused-ring (bicyclic) bond motifs is 1. The van der Waals surface area contributed by atoms with Gasteiger partial charge in [0.25, 0.3) is 0 Å². The van der Waals surface area contributed by atoms with Crippen LogP contribution in [-0.2, 0) is 0 Å². The zero-order valence-electron chi connectivity index (χ0n) is 16.3. The fourth-order valence-corrected chi connectivity index (χ4v) is 4.30. The first-order valence-electron chi connectivity index (χ1n) is 10.1. The topological polar surface area (TPSA) is 76.2 Å². The van der Waals surface area contributed by atoms with Crippen molar-refractivity contribution in [1.29, 1.82) is 0 Å². The molecule has 7 heteroatoms. The molecule has 1 saturated carbocycles. The molecule has 5 rings (SSSR count). The number of rotatable bonds is 3. The number of aryl methyl sites for hydroxylation is 2. The number of para-hydroxylation sites is 2. The maximum absolute atomic E-state index is 12.8. The summed E-state index contributed by atoms with van der Waals surface area (Å²) in [5.41, 5.74) is 3.74. The van der Waals surface area contributed by atoms with E-state index in [1.807, 2.05) is 17.9 Å². The Morgan fingerprint density at radius 1 is 1.14 bits per heavy atom. The predicted octanol–water partition coefficient (Wildman–Crippen LogP) is 4.39. The molecule has 7 nitrogen and oxygen atoms in total. The number of aromatic nitrogens is 3. The molecular formula is C21H25N5O2. The van der Waals surface area contributed by atoms with Gasteiger partial charge in [0, 0.05) is 25.0 Å². The molecule has 3 aromatic rings. The van der Waals surface area contributed by atoms with E-state index in [0.717, 1.165) is 67.3 Å². The highest BCUT2D eigenvalue weighted by molar-refractivity contribution is 5.90. The molecule has 1 aliphatic carbocycles. The van der Waals surface area contributed by atoms with Gasteiger partial charge in [-0.15, -0.1) is 0 Å². The van der Waals surface area contributed by atoms with Crippen LogP contribution in [0.1, 0.15) is 54.9 Å². The fraction of sp³-hybridized carbons (Fsp3) is 0.476. The Hall–Kier alpha value is -2.83. The second kappa shape index (κ2) is 6.65. The Morgan fingerprint density at radius 3 is 2.64 bits per heavy atom. The van der Waals surface area contributed by atoms with E-state index in [9.17, 15) is 4.79 Å². The first kappa shape index (κ1) is 17.3. The summed E-state index contributed by atoms with van der Waals surface area (Å²) in [6.07, 6.45) is 4.07. The Balaban J connectivity index is 1.27. The van der Waals surface area contributed by atoms with E-state index in [2.05, 4.69) is 45.1 Å². The Kier molecular flexibility index (Phi) is 4.10. The lowest BCUT2D eigenvalue weighted by molar-refractivity contribution is 0.184. The number of nitrogens with zero attached hydrogens (tertiary/aromatic N) is 4. The summed E-state index contributed by atoms with van der Waals surface area (Å²) in [5.74, 6) is 2.29. The van der Waals surface area contributed by atoms with Crippen LogP contribution in [0.4, 0.5) is 10.5 Å². The average molecular weight is 379 g/mol. The zero-order valence-corrected chi connectivity index (χ0v) is 16.3. The normalized spacial score (nSPS) is 18.0. The van der Waals surface area contributed by atoms with Crippen molar-refractivity contribution in [2.75, 3.05) is 18.4 Å². The zero-order chi connectivity index (χ0) is 19.3. The number of likely N-dealkylation sites (tertiary alicyclic amines) is 1. The fourth-order valence-electron chi connectivity index (χ4n) is 4.30. The third-order valence-electron chi connectivity index (χ3n) is 5.96. The molecule has 0 bridgehead atoms. The third kappa shape index (κ3) is 2.95.